The van der Waals surface area contributed by atoms with Gasteiger partial charge in [0.15, 0.2) is 17.5 Å². The van der Waals surface area contributed by atoms with Crippen molar-refractivity contribution in [3.8, 4) is 45.5 Å². The maximum absolute atomic E-state index is 15.5. The molecule has 0 aliphatic carbocycles. The number of benzene rings is 9. The highest BCUT2D eigenvalue weighted by Crippen LogP contribution is 2.42. The van der Waals surface area contributed by atoms with Crippen LogP contribution in [-0.4, -0.2) is 24.1 Å². The summed E-state index contributed by atoms with van der Waals surface area (Å²) in [5, 5.41) is 8.18. The van der Waals surface area contributed by atoms with Crippen LogP contribution in [-0.2, 0) is 0 Å². The normalized spacial score (nSPS) is 11.8. The zero-order chi connectivity index (χ0) is 43.2. The Morgan fingerprint density at radius 2 is 0.954 bits per heavy atom. The molecule has 0 saturated heterocycles. The molecule has 0 aliphatic rings. The van der Waals surface area contributed by atoms with Crippen molar-refractivity contribution in [3.63, 3.8) is 0 Å². The Morgan fingerprint density at radius 1 is 0.354 bits per heavy atom. The van der Waals surface area contributed by atoms with Gasteiger partial charge in [-0.3, -0.25) is 9.59 Å². The first-order valence-electron chi connectivity index (χ1n) is 21.4. The van der Waals surface area contributed by atoms with Crippen LogP contribution in [0.4, 0.5) is 0 Å². The Morgan fingerprint density at radius 3 is 1.68 bits per heavy atom. The smallest absolute Gasteiger partial charge is 0.266 e. The Kier molecular flexibility index (Phi) is 8.25. The number of hydrogen-bond acceptors (Lipinski definition) is 6. The highest BCUT2D eigenvalue weighted by Gasteiger charge is 2.23. The second-order valence-electron chi connectivity index (χ2n) is 16.2. The van der Waals surface area contributed by atoms with Crippen LogP contribution < -0.4 is 11.1 Å². The summed E-state index contributed by atoms with van der Waals surface area (Å²) in [6.45, 7) is 0. The van der Waals surface area contributed by atoms with E-state index in [0.29, 0.717) is 33.9 Å². The molecule has 0 unspecified atom stereocenters. The van der Waals surface area contributed by atoms with Crippen molar-refractivity contribution in [1.82, 2.24) is 24.1 Å². The molecule has 0 saturated carbocycles. The van der Waals surface area contributed by atoms with Crippen molar-refractivity contribution in [2.24, 2.45) is 0 Å². The first-order chi connectivity index (χ1) is 32.1. The summed E-state index contributed by atoms with van der Waals surface area (Å²) in [6.07, 6.45) is 0. The summed E-state index contributed by atoms with van der Waals surface area (Å²) < 4.78 is 5.82. The van der Waals surface area contributed by atoms with Crippen LogP contribution in [0, 0.1) is 0 Å². The number of thiophene rings is 1. The van der Waals surface area contributed by atoms with Gasteiger partial charge in [-0.1, -0.05) is 146 Å². The fourth-order valence-corrected chi connectivity index (χ4v) is 10.8. The van der Waals surface area contributed by atoms with E-state index in [0.717, 1.165) is 85.9 Å². The fraction of sp³-hybridized carbons (Fsp3) is 0. The third-order valence-electron chi connectivity index (χ3n) is 12.6. The van der Waals surface area contributed by atoms with Gasteiger partial charge >= 0.3 is 0 Å². The molecule has 0 spiro atoms. The van der Waals surface area contributed by atoms with Gasteiger partial charge in [-0.25, -0.2) is 19.5 Å². The molecule has 4 aromatic heterocycles. The molecule has 4 heterocycles. The van der Waals surface area contributed by atoms with Crippen molar-refractivity contribution in [2.45, 2.75) is 0 Å². The number of hydrogen-bond donors (Lipinski definition) is 0. The molecule has 8 heteroatoms. The number of nitrogens with zero attached hydrogens (tertiary/aromatic N) is 5. The lowest BCUT2D eigenvalue weighted by Gasteiger charge is -2.15. The third kappa shape index (κ3) is 5.71. The van der Waals surface area contributed by atoms with Crippen molar-refractivity contribution in [2.75, 3.05) is 0 Å². The fourth-order valence-electron chi connectivity index (χ4n) is 9.68. The number of rotatable bonds is 5. The van der Waals surface area contributed by atoms with Crippen molar-refractivity contribution < 1.29 is 0 Å². The van der Waals surface area contributed by atoms with E-state index in [-0.39, 0.29) is 11.1 Å². The van der Waals surface area contributed by atoms with Crippen molar-refractivity contribution >= 4 is 85.6 Å². The number of para-hydroxylation sites is 2. The minimum absolute atomic E-state index is 0.354. The lowest BCUT2D eigenvalue weighted by molar-refractivity contribution is 0.977. The van der Waals surface area contributed by atoms with Crippen LogP contribution in [0.3, 0.4) is 0 Å². The van der Waals surface area contributed by atoms with Crippen molar-refractivity contribution in [1.29, 1.82) is 0 Å². The van der Waals surface area contributed by atoms with E-state index in [2.05, 4.69) is 65.2 Å². The summed E-state index contributed by atoms with van der Waals surface area (Å²) >= 11 is 1.70. The number of aromatic nitrogens is 5. The minimum atomic E-state index is -0.368. The molecule has 7 nitrogen and oxygen atoms in total. The topological polar surface area (TPSA) is 82.7 Å². The predicted octanol–water partition coefficient (Wildman–Crippen LogP) is 13.3. The summed E-state index contributed by atoms with van der Waals surface area (Å²) in [4.78, 5) is 45.7. The summed E-state index contributed by atoms with van der Waals surface area (Å²) in [5.41, 5.74) is 5.17. The Hall–Kier alpha value is -8.59. The molecule has 0 fully saturated rings. The minimum Gasteiger partial charge on any atom is -0.309 e. The maximum Gasteiger partial charge on any atom is 0.266 e. The zero-order valence-electron chi connectivity index (χ0n) is 34.5. The van der Waals surface area contributed by atoms with E-state index in [9.17, 15) is 0 Å². The third-order valence-corrected chi connectivity index (χ3v) is 13.7. The van der Waals surface area contributed by atoms with Gasteiger partial charge in [-0.15, -0.1) is 11.3 Å². The van der Waals surface area contributed by atoms with Crippen LogP contribution in [0.2, 0.25) is 0 Å². The summed E-state index contributed by atoms with van der Waals surface area (Å²) in [6, 6.07) is 66.5. The lowest BCUT2D eigenvalue weighted by Crippen LogP contribution is -2.28. The van der Waals surface area contributed by atoms with Crippen LogP contribution >= 0.6 is 11.3 Å². The van der Waals surface area contributed by atoms with Gasteiger partial charge in [0.25, 0.3) is 11.1 Å². The highest BCUT2D eigenvalue weighted by molar-refractivity contribution is 7.25. The molecule has 13 rings (SSSR count). The van der Waals surface area contributed by atoms with E-state index >= 15 is 9.59 Å². The molecule has 0 radical (unpaired) electrons. The highest BCUT2D eigenvalue weighted by atomic mass is 32.1. The van der Waals surface area contributed by atoms with E-state index in [4.69, 9.17) is 15.0 Å². The molecule has 13 aromatic rings. The SMILES string of the molecule is O=c1c2cc3c(cc2c2ccc4c(c5ccccc5n4-c4ccc(-c5nc(-c6ccccc6)nc(-c6ccccc6)n5)c5ccccc45)c2c(=O)n1-c1ccccc1)sc1ccccc13. The molecular formula is C57H33N5O2S. The molecule has 65 heavy (non-hydrogen) atoms. The van der Waals surface area contributed by atoms with Gasteiger partial charge in [0.2, 0.25) is 0 Å². The molecule has 0 atom stereocenters. The standard InChI is InChI=1S/C57H33N5O2S/c63-56-45-32-44-39-24-13-15-27-49(39)65-50(44)33-43(45)40-28-31-48-51(52(40)57(64)61(56)36-20-8-3-9-21-36)42-25-12-14-26-46(42)62(48)47-30-29-41(37-22-10-11-23-38(37)47)55-59-53(34-16-4-1-5-17-34)58-54(60-55)35-18-6-2-7-19-35/h1-33H. The lowest BCUT2D eigenvalue weighted by atomic mass is 10.0. The maximum atomic E-state index is 15.5. The van der Waals surface area contributed by atoms with Gasteiger partial charge in [-0.05, 0) is 70.8 Å². The molecule has 9 aromatic carbocycles. The van der Waals surface area contributed by atoms with Gasteiger partial charge in [0.05, 0.1) is 27.8 Å². The quantitative estimate of drug-likeness (QED) is 0.172. The second kappa shape index (κ2) is 14.5. The largest absolute Gasteiger partial charge is 0.309 e. The Labute approximate surface area is 374 Å². The summed E-state index contributed by atoms with van der Waals surface area (Å²) in [7, 11) is 0. The van der Waals surface area contributed by atoms with Crippen LogP contribution in [0.25, 0.3) is 120 Å². The molecule has 304 valence electrons. The molecule has 0 bridgehead atoms. The predicted molar refractivity (Wildman–Crippen MR) is 268 cm³/mol. The van der Waals surface area contributed by atoms with Gasteiger partial charge in [-0.2, -0.15) is 0 Å². The number of fused-ring (bicyclic) bond motifs is 11. The first-order valence-corrected chi connectivity index (χ1v) is 22.3. The molecular weight excluding hydrogens is 819 g/mol. The average molecular weight is 852 g/mol. The van der Waals surface area contributed by atoms with E-state index in [1.54, 1.807) is 11.3 Å². The summed E-state index contributed by atoms with van der Waals surface area (Å²) in [5.74, 6) is 1.75. The first kappa shape index (κ1) is 37.0. The second-order valence-corrected chi connectivity index (χ2v) is 17.3. The van der Waals surface area contributed by atoms with E-state index in [1.165, 1.54) is 4.57 Å². The van der Waals surface area contributed by atoms with E-state index < -0.39 is 0 Å². The molecule has 0 aliphatic heterocycles. The Balaban J connectivity index is 1.12. The van der Waals surface area contributed by atoms with Gasteiger partial charge in [0.1, 0.15) is 0 Å². The van der Waals surface area contributed by atoms with Crippen molar-refractivity contribution in [3.05, 3.63) is 221 Å². The van der Waals surface area contributed by atoms with Gasteiger partial charge < -0.3 is 4.57 Å². The monoisotopic (exact) mass is 851 g/mol. The van der Waals surface area contributed by atoms with Gasteiger partial charge in [0, 0.05) is 58.4 Å². The Bertz CT molecular complexity index is 4160. The van der Waals surface area contributed by atoms with Crippen LogP contribution in [0.1, 0.15) is 0 Å². The molecule has 0 amide bonds. The zero-order valence-corrected chi connectivity index (χ0v) is 35.3. The average Bonchev–Trinajstić information content (AvgIpc) is 3.88. The van der Waals surface area contributed by atoms with Crippen LogP contribution in [0.5, 0.6) is 0 Å². The molecule has 0 N–H and O–H groups in total. The van der Waals surface area contributed by atoms with Crippen LogP contribution in [0.15, 0.2) is 210 Å². The van der Waals surface area contributed by atoms with E-state index in [1.807, 2.05) is 140 Å².